The summed E-state index contributed by atoms with van der Waals surface area (Å²) in [5.74, 6) is -0.650. The molecule has 1 saturated carbocycles. The van der Waals surface area contributed by atoms with Crippen LogP contribution in [0.2, 0.25) is 0 Å². The lowest BCUT2D eigenvalue weighted by Gasteiger charge is -2.35. The van der Waals surface area contributed by atoms with Gasteiger partial charge < -0.3 is 25.5 Å². The summed E-state index contributed by atoms with van der Waals surface area (Å²) in [4.78, 5) is 44.0. The van der Waals surface area contributed by atoms with E-state index < -0.39 is 28.8 Å². The minimum absolute atomic E-state index is 0.0981. The fraction of sp³-hybridized carbons (Fsp3) is 0.483. The Morgan fingerprint density at radius 3 is 2.61 bits per heavy atom. The maximum Gasteiger partial charge on any atom is 0.254 e. The van der Waals surface area contributed by atoms with Crippen LogP contribution < -0.4 is 10.6 Å². The number of amides is 3. The van der Waals surface area contributed by atoms with E-state index >= 15 is 0 Å². The van der Waals surface area contributed by atoms with Gasteiger partial charge in [-0.2, -0.15) is 0 Å². The highest BCUT2D eigenvalue weighted by Gasteiger charge is 2.51. The van der Waals surface area contributed by atoms with Gasteiger partial charge in [-0.15, -0.1) is 11.8 Å². The number of aliphatic hydroxyl groups excluding tert-OH is 1. The van der Waals surface area contributed by atoms with Gasteiger partial charge in [0.2, 0.25) is 5.91 Å². The van der Waals surface area contributed by atoms with Gasteiger partial charge in [0.25, 0.3) is 11.8 Å². The van der Waals surface area contributed by atoms with E-state index in [1.807, 2.05) is 56.3 Å². The van der Waals surface area contributed by atoms with E-state index in [1.54, 1.807) is 18.0 Å². The maximum absolute atomic E-state index is 13.8. The predicted molar refractivity (Wildman–Crippen MR) is 149 cm³/mol. The molecule has 2 heterocycles. The van der Waals surface area contributed by atoms with Crippen LogP contribution in [0.1, 0.15) is 48.2 Å². The zero-order valence-corrected chi connectivity index (χ0v) is 23.0. The summed E-state index contributed by atoms with van der Waals surface area (Å²) < 4.78 is -0.495. The zero-order valence-electron chi connectivity index (χ0n) is 22.1. The number of hydrogen-bond acceptors (Lipinski definition) is 6. The number of thioether (sulfide) groups is 1. The first-order chi connectivity index (χ1) is 18.2. The second-order valence-electron chi connectivity index (χ2n) is 11.0. The first-order valence-electron chi connectivity index (χ1n) is 13.3. The van der Waals surface area contributed by atoms with Crippen molar-refractivity contribution < 1.29 is 19.5 Å². The SMILES string of the molecule is CN(C(=O)[C@H]1N(C(=O)[C@@H](O)[C@H](Cc2ccccc2)NC(=O)c2cccc3c2CCN3)CSC1(C)C)C1CC1. The van der Waals surface area contributed by atoms with Crippen LogP contribution in [0.4, 0.5) is 5.69 Å². The molecule has 2 aliphatic heterocycles. The van der Waals surface area contributed by atoms with Crippen molar-refractivity contribution >= 4 is 35.2 Å². The Balaban J connectivity index is 1.39. The fourth-order valence-electron chi connectivity index (χ4n) is 5.48. The topological polar surface area (TPSA) is 102 Å². The lowest BCUT2D eigenvalue weighted by Crippen LogP contribution is -2.59. The molecule has 0 bridgehead atoms. The van der Waals surface area contributed by atoms with Crippen LogP contribution in [0, 0.1) is 0 Å². The van der Waals surface area contributed by atoms with Gasteiger partial charge in [-0.25, -0.2) is 0 Å². The second-order valence-corrected chi connectivity index (χ2v) is 12.6. The van der Waals surface area contributed by atoms with E-state index in [2.05, 4.69) is 10.6 Å². The molecule has 0 unspecified atom stereocenters. The van der Waals surface area contributed by atoms with Crippen molar-refractivity contribution in [3.8, 4) is 0 Å². The highest BCUT2D eigenvalue weighted by molar-refractivity contribution is 8.00. The van der Waals surface area contributed by atoms with Gasteiger partial charge in [-0.05, 0) is 62.8 Å². The molecule has 0 aromatic heterocycles. The Bertz CT molecular complexity index is 1220. The molecule has 38 heavy (non-hydrogen) atoms. The second kappa shape index (κ2) is 10.6. The van der Waals surface area contributed by atoms with Crippen LogP contribution in [-0.2, 0) is 22.4 Å². The number of nitrogens with one attached hydrogen (secondary N) is 2. The molecule has 3 amide bonds. The number of fused-ring (bicyclic) bond motifs is 1. The molecule has 3 aliphatic rings. The molecule has 0 spiro atoms. The van der Waals surface area contributed by atoms with Crippen molar-refractivity contribution in [3.05, 3.63) is 65.2 Å². The van der Waals surface area contributed by atoms with Crippen molar-refractivity contribution in [2.24, 2.45) is 0 Å². The molecule has 2 fully saturated rings. The molecule has 0 radical (unpaired) electrons. The molecule has 9 heteroatoms. The van der Waals surface area contributed by atoms with Crippen LogP contribution in [0.25, 0.3) is 0 Å². The van der Waals surface area contributed by atoms with Crippen molar-refractivity contribution in [2.45, 2.75) is 68.5 Å². The summed E-state index contributed by atoms with van der Waals surface area (Å²) in [6.45, 7) is 4.70. The van der Waals surface area contributed by atoms with Crippen LogP contribution in [0.3, 0.4) is 0 Å². The third-order valence-corrected chi connectivity index (χ3v) is 9.24. The minimum Gasteiger partial charge on any atom is -0.384 e. The average Bonchev–Trinajstić information content (AvgIpc) is 3.56. The van der Waals surface area contributed by atoms with Crippen LogP contribution in [0.5, 0.6) is 0 Å². The van der Waals surface area contributed by atoms with Crippen LogP contribution >= 0.6 is 11.8 Å². The Kier molecular flexibility index (Phi) is 7.42. The first kappa shape index (κ1) is 26.6. The number of hydrogen-bond donors (Lipinski definition) is 3. The van der Waals surface area contributed by atoms with Crippen molar-refractivity contribution in [1.29, 1.82) is 0 Å². The molecule has 2 aromatic carbocycles. The Morgan fingerprint density at radius 1 is 1.16 bits per heavy atom. The minimum atomic E-state index is -1.51. The maximum atomic E-state index is 13.8. The summed E-state index contributed by atoms with van der Waals surface area (Å²) in [5, 5.41) is 17.7. The lowest BCUT2D eigenvalue weighted by atomic mass is 9.96. The molecule has 202 valence electrons. The molecule has 1 saturated heterocycles. The van der Waals surface area contributed by atoms with E-state index in [1.165, 1.54) is 16.7 Å². The first-order valence-corrected chi connectivity index (χ1v) is 14.3. The summed E-state index contributed by atoms with van der Waals surface area (Å²) in [6.07, 6.45) is 1.45. The number of carbonyl (C=O) groups is 3. The number of rotatable bonds is 8. The van der Waals surface area contributed by atoms with Crippen molar-refractivity contribution in [2.75, 3.05) is 24.8 Å². The smallest absolute Gasteiger partial charge is 0.254 e. The van der Waals surface area contributed by atoms with Gasteiger partial charge >= 0.3 is 0 Å². The number of benzene rings is 2. The van der Waals surface area contributed by atoms with Crippen molar-refractivity contribution in [1.82, 2.24) is 15.1 Å². The number of nitrogens with zero attached hydrogens (tertiary/aromatic N) is 2. The molecular weight excluding hydrogens is 500 g/mol. The van der Waals surface area contributed by atoms with Gasteiger partial charge in [-0.3, -0.25) is 14.4 Å². The number of likely N-dealkylation sites (N-methyl/N-ethyl adjacent to an activating group) is 1. The standard InChI is InChI=1S/C29H36N4O4S/c1-29(2)25(28(37)32(3)19-12-13-19)33(17-38-29)27(36)24(34)23(16-18-8-5-4-6-9-18)31-26(35)21-10-7-11-22-20(21)14-15-30-22/h4-11,19,23-25,30,34H,12-17H2,1-3H3,(H,31,35)/t23-,24-,25+/m0/s1. The number of carbonyl (C=O) groups excluding carboxylic acids is 3. The molecule has 5 rings (SSSR count). The molecule has 2 aromatic rings. The zero-order chi connectivity index (χ0) is 27.0. The quantitative estimate of drug-likeness (QED) is 0.480. The van der Waals surface area contributed by atoms with E-state index in [-0.39, 0.29) is 24.3 Å². The Labute approximate surface area is 228 Å². The third-order valence-electron chi connectivity index (χ3n) is 7.87. The van der Waals surface area contributed by atoms with Crippen LogP contribution in [-0.4, -0.2) is 81.1 Å². The predicted octanol–water partition coefficient (Wildman–Crippen LogP) is 2.66. The molecule has 3 atom stereocenters. The van der Waals surface area contributed by atoms with Crippen LogP contribution in [0.15, 0.2) is 48.5 Å². The summed E-state index contributed by atoms with van der Waals surface area (Å²) in [5.41, 5.74) is 3.31. The number of anilines is 1. The lowest BCUT2D eigenvalue weighted by molar-refractivity contribution is -0.150. The Morgan fingerprint density at radius 2 is 1.89 bits per heavy atom. The average molecular weight is 537 g/mol. The summed E-state index contributed by atoms with van der Waals surface area (Å²) >= 11 is 1.53. The summed E-state index contributed by atoms with van der Waals surface area (Å²) in [7, 11) is 1.80. The van der Waals surface area contributed by atoms with E-state index in [0.717, 1.165) is 42.6 Å². The highest BCUT2D eigenvalue weighted by atomic mass is 32.2. The molecule has 8 nitrogen and oxygen atoms in total. The monoisotopic (exact) mass is 536 g/mol. The molecule has 1 aliphatic carbocycles. The van der Waals surface area contributed by atoms with E-state index in [9.17, 15) is 19.5 Å². The van der Waals surface area contributed by atoms with Gasteiger partial charge in [0.15, 0.2) is 6.10 Å². The van der Waals surface area contributed by atoms with Gasteiger partial charge in [-0.1, -0.05) is 36.4 Å². The molecule has 3 N–H and O–H groups in total. The molecular formula is C29H36N4O4S. The summed E-state index contributed by atoms with van der Waals surface area (Å²) in [6, 6.07) is 13.7. The van der Waals surface area contributed by atoms with Gasteiger partial charge in [0.05, 0.1) is 11.9 Å². The van der Waals surface area contributed by atoms with Gasteiger partial charge in [0.1, 0.15) is 6.04 Å². The van der Waals surface area contributed by atoms with Crippen molar-refractivity contribution in [3.63, 3.8) is 0 Å². The third kappa shape index (κ3) is 5.27. The largest absolute Gasteiger partial charge is 0.384 e. The number of aliphatic hydroxyl groups is 1. The highest BCUT2D eigenvalue weighted by Crippen LogP contribution is 2.41. The fourth-order valence-corrected chi connectivity index (χ4v) is 6.61. The van der Waals surface area contributed by atoms with E-state index in [0.29, 0.717) is 11.4 Å². The van der Waals surface area contributed by atoms with Gasteiger partial charge in [0, 0.05) is 35.6 Å². The Hall–Kier alpha value is -3.04. The normalized spacial score (nSPS) is 21.3. The van der Waals surface area contributed by atoms with E-state index in [4.69, 9.17) is 0 Å².